The van der Waals surface area contributed by atoms with Crippen molar-refractivity contribution in [1.82, 2.24) is 4.13 Å². The fourth-order valence-corrected chi connectivity index (χ4v) is 4.71. The van der Waals surface area contributed by atoms with Gasteiger partial charge in [-0.2, -0.15) is 0 Å². The van der Waals surface area contributed by atoms with Crippen molar-refractivity contribution >= 4 is 32.0 Å². The van der Waals surface area contributed by atoms with Crippen molar-refractivity contribution in [3.05, 3.63) is 59.7 Å². The Labute approximate surface area is 171 Å². The number of benzene rings is 2. The van der Waals surface area contributed by atoms with Gasteiger partial charge in [0.1, 0.15) is 0 Å². The van der Waals surface area contributed by atoms with E-state index in [1.54, 1.807) is 0 Å². The molecule has 2 aromatic rings. The van der Waals surface area contributed by atoms with E-state index in [1.165, 1.54) is 4.13 Å². The molecule has 0 fully saturated rings. The van der Waals surface area contributed by atoms with Crippen LogP contribution < -0.4 is 33.7 Å². The van der Waals surface area contributed by atoms with Crippen LogP contribution in [-0.4, -0.2) is 39.0 Å². The van der Waals surface area contributed by atoms with Gasteiger partial charge in [-0.1, -0.05) is 0 Å². The molecule has 0 aliphatic carbocycles. The zero-order valence-corrected chi connectivity index (χ0v) is 16.9. The number of rotatable bonds is 6. The first-order valence-corrected chi connectivity index (χ1v) is 9.45. The van der Waals surface area contributed by atoms with Gasteiger partial charge in [-0.25, -0.2) is 26.4 Å². The molecule has 0 heterocycles. The maximum Gasteiger partial charge on any atom is 1.00 e. The van der Waals surface area contributed by atoms with Crippen molar-refractivity contribution in [2.75, 3.05) is 0 Å². The van der Waals surface area contributed by atoms with Gasteiger partial charge in [-0.05, 0) is 48.5 Å². The van der Waals surface area contributed by atoms with E-state index in [1.807, 2.05) is 0 Å². The number of carboxylic acid groups (broad SMARTS) is 2. The van der Waals surface area contributed by atoms with Crippen molar-refractivity contribution in [3.63, 3.8) is 0 Å². The van der Waals surface area contributed by atoms with E-state index in [0.29, 0.717) is 0 Å². The summed E-state index contributed by atoms with van der Waals surface area (Å²) < 4.78 is 50.1. The Balaban J connectivity index is 0.00000338. The SMILES string of the molecule is O=C(O)c1ccc(S(=O)(=O)NS(=O)(=O)c2ccc(C(=O)O)cc2)cc1.[Na+]. The molecule has 0 aliphatic rings. The number of nitrogens with one attached hydrogen (secondary N) is 1. The molecule has 132 valence electrons. The van der Waals surface area contributed by atoms with Gasteiger partial charge in [0.05, 0.1) is 20.9 Å². The molecule has 3 N–H and O–H groups in total. The van der Waals surface area contributed by atoms with Gasteiger partial charge in [0.25, 0.3) is 20.0 Å². The monoisotopic (exact) mass is 408 g/mol. The quantitative estimate of drug-likeness (QED) is 0.453. The number of hydrogen-bond donors (Lipinski definition) is 3. The van der Waals surface area contributed by atoms with Crippen LogP contribution >= 0.6 is 0 Å². The summed E-state index contributed by atoms with van der Waals surface area (Å²) >= 11 is 0. The number of hydrogen-bond acceptors (Lipinski definition) is 6. The Bertz CT molecular complexity index is 944. The van der Waals surface area contributed by atoms with Crippen LogP contribution in [0.3, 0.4) is 0 Å². The molecule has 0 saturated carbocycles. The molecular formula is C14H11NNaO8S2+. The first-order valence-electron chi connectivity index (χ1n) is 6.48. The third kappa shape index (κ3) is 5.13. The zero-order chi connectivity index (χ0) is 18.8. The molecule has 0 unspecified atom stereocenters. The van der Waals surface area contributed by atoms with Gasteiger partial charge in [0.2, 0.25) is 0 Å². The van der Waals surface area contributed by atoms with Crippen molar-refractivity contribution in [2.24, 2.45) is 0 Å². The second kappa shape index (κ2) is 8.29. The normalized spacial score (nSPS) is 11.4. The van der Waals surface area contributed by atoms with Crippen molar-refractivity contribution in [3.8, 4) is 0 Å². The summed E-state index contributed by atoms with van der Waals surface area (Å²) in [5.41, 5.74) is -0.322. The van der Waals surface area contributed by atoms with E-state index in [4.69, 9.17) is 10.2 Å². The Kier molecular flexibility index (Phi) is 7.10. The van der Waals surface area contributed by atoms with Crippen molar-refractivity contribution in [2.45, 2.75) is 9.79 Å². The molecule has 2 aromatic carbocycles. The molecule has 0 aliphatic heterocycles. The Hall–Kier alpha value is -1.76. The maximum atomic E-state index is 12.1. The largest absolute Gasteiger partial charge is 1.00 e. The van der Waals surface area contributed by atoms with Crippen LogP contribution in [-0.2, 0) is 20.0 Å². The molecule has 0 atom stereocenters. The van der Waals surface area contributed by atoms with E-state index < -0.39 is 41.8 Å². The van der Waals surface area contributed by atoms with Crippen LogP contribution in [0.15, 0.2) is 58.3 Å². The molecule has 0 amide bonds. The Morgan fingerprint density at radius 1 is 0.654 bits per heavy atom. The van der Waals surface area contributed by atoms with Crippen LogP contribution in [0.1, 0.15) is 20.7 Å². The molecule has 2 rings (SSSR count). The van der Waals surface area contributed by atoms with Crippen LogP contribution in [0.4, 0.5) is 0 Å². The number of carboxylic acids is 2. The van der Waals surface area contributed by atoms with Crippen molar-refractivity contribution < 1.29 is 66.2 Å². The second-order valence-corrected chi connectivity index (χ2v) is 8.37. The van der Waals surface area contributed by atoms with Crippen LogP contribution in [0, 0.1) is 0 Å². The molecule has 12 heteroatoms. The van der Waals surface area contributed by atoms with E-state index in [-0.39, 0.29) is 40.7 Å². The molecule has 26 heavy (non-hydrogen) atoms. The first kappa shape index (κ1) is 22.3. The number of carbonyl (C=O) groups is 2. The van der Waals surface area contributed by atoms with Crippen molar-refractivity contribution in [1.29, 1.82) is 0 Å². The van der Waals surface area contributed by atoms with E-state index in [9.17, 15) is 26.4 Å². The Morgan fingerprint density at radius 2 is 0.923 bits per heavy atom. The van der Waals surface area contributed by atoms with Gasteiger partial charge in [0, 0.05) is 0 Å². The summed E-state index contributed by atoms with van der Waals surface area (Å²) in [5.74, 6) is -2.52. The molecule has 0 aromatic heterocycles. The third-order valence-electron chi connectivity index (χ3n) is 3.04. The summed E-state index contributed by atoms with van der Waals surface area (Å²) in [6.45, 7) is 0. The van der Waals surface area contributed by atoms with Crippen LogP contribution in [0.25, 0.3) is 0 Å². The predicted octanol–water partition coefficient (Wildman–Crippen LogP) is -2.25. The minimum atomic E-state index is -4.48. The average molecular weight is 408 g/mol. The van der Waals surface area contributed by atoms with E-state index in [0.717, 1.165) is 48.5 Å². The van der Waals surface area contributed by atoms with Gasteiger partial charge in [0.15, 0.2) is 0 Å². The minimum absolute atomic E-state index is 0. The van der Waals surface area contributed by atoms with E-state index in [2.05, 4.69) is 0 Å². The number of sulfonamides is 2. The molecule has 0 spiro atoms. The van der Waals surface area contributed by atoms with Crippen LogP contribution in [0.2, 0.25) is 0 Å². The van der Waals surface area contributed by atoms with Crippen LogP contribution in [0.5, 0.6) is 0 Å². The zero-order valence-electron chi connectivity index (χ0n) is 13.3. The molecule has 9 nitrogen and oxygen atoms in total. The average Bonchev–Trinajstić information content (AvgIpc) is 2.54. The Morgan fingerprint density at radius 3 is 1.15 bits per heavy atom. The summed E-state index contributed by atoms with van der Waals surface area (Å²) in [6, 6.07) is 7.89. The number of aromatic carboxylic acids is 2. The van der Waals surface area contributed by atoms with Gasteiger partial charge >= 0.3 is 41.5 Å². The summed E-state index contributed by atoms with van der Waals surface area (Å²) in [7, 11) is -8.96. The van der Waals surface area contributed by atoms with Gasteiger partial charge in [-0.15, -0.1) is 4.13 Å². The topological polar surface area (TPSA) is 155 Å². The first-order chi connectivity index (χ1) is 11.5. The standard InChI is InChI=1S/C14H11NO8S2.Na/c16-13(17)9-1-5-11(6-2-9)24(20,21)15-25(22,23)12-7-3-10(4-8-12)14(18)19;/h1-8,15H,(H,16,17)(H,18,19);/q;+1. The fourth-order valence-electron chi connectivity index (χ4n) is 1.79. The smallest absolute Gasteiger partial charge is 0.478 e. The summed E-state index contributed by atoms with van der Waals surface area (Å²) in [6.07, 6.45) is 0. The molecule has 0 bridgehead atoms. The third-order valence-corrected chi connectivity index (χ3v) is 6.58. The molecule has 0 saturated heterocycles. The van der Waals surface area contributed by atoms with Gasteiger partial charge in [-0.3, -0.25) is 0 Å². The maximum absolute atomic E-state index is 12.1. The predicted molar refractivity (Wildman–Crippen MR) is 84.3 cm³/mol. The summed E-state index contributed by atoms with van der Waals surface area (Å²) in [4.78, 5) is 20.6. The fraction of sp³-hybridized carbons (Fsp3) is 0. The minimum Gasteiger partial charge on any atom is -0.478 e. The second-order valence-electron chi connectivity index (χ2n) is 4.75. The molecule has 0 radical (unpaired) electrons. The van der Waals surface area contributed by atoms with E-state index >= 15 is 0 Å². The van der Waals surface area contributed by atoms with Gasteiger partial charge < -0.3 is 10.2 Å². The summed E-state index contributed by atoms with van der Waals surface area (Å²) in [5, 5.41) is 17.5. The molecular weight excluding hydrogens is 397 g/mol.